The van der Waals surface area contributed by atoms with Gasteiger partial charge in [-0.05, 0) is 37.1 Å². The van der Waals surface area contributed by atoms with Gasteiger partial charge in [0.25, 0.3) is 0 Å². The van der Waals surface area contributed by atoms with Crippen LogP contribution in [0.2, 0.25) is 5.02 Å². The van der Waals surface area contributed by atoms with Crippen molar-refractivity contribution in [2.24, 2.45) is 0 Å². The summed E-state index contributed by atoms with van der Waals surface area (Å²) < 4.78 is 0. The van der Waals surface area contributed by atoms with E-state index in [-0.39, 0.29) is 0 Å². The Labute approximate surface area is 102 Å². The normalized spacial score (nSPS) is 29.6. The van der Waals surface area contributed by atoms with Gasteiger partial charge < -0.3 is 10.2 Å². The van der Waals surface area contributed by atoms with Crippen LogP contribution < -0.4 is 5.32 Å². The fourth-order valence-electron chi connectivity index (χ4n) is 3.08. The molecule has 1 aromatic carbocycles. The highest BCUT2D eigenvalue weighted by atomic mass is 35.5. The van der Waals surface area contributed by atoms with E-state index in [1.807, 2.05) is 6.07 Å². The number of rotatable bonds is 0. The first kappa shape index (κ1) is 10.6. The molecule has 2 nitrogen and oxygen atoms in total. The quantitative estimate of drug-likeness (QED) is 0.743. The van der Waals surface area contributed by atoms with Gasteiger partial charge in [0.05, 0.1) is 0 Å². The lowest BCUT2D eigenvalue weighted by molar-refractivity contribution is 0.134. The fraction of sp³-hybridized carbons (Fsp3) is 0.538. The van der Waals surface area contributed by atoms with Crippen molar-refractivity contribution in [3.05, 3.63) is 34.3 Å². The minimum atomic E-state index is 0.473. The minimum absolute atomic E-state index is 0.473. The van der Waals surface area contributed by atoms with E-state index in [9.17, 15) is 0 Å². The number of piperazine rings is 1. The third kappa shape index (κ3) is 1.56. The summed E-state index contributed by atoms with van der Waals surface area (Å²) in [5.74, 6) is 0. The first-order chi connectivity index (χ1) is 7.77. The average Bonchev–Trinajstić information content (AvgIpc) is 2.30. The number of hydrogen-bond acceptors (Lipinski definition) is 2. The average molecular weight is 237 g/mol. The van der Waals surface area contributed by atoms with Gasteiger partial charge in [-0.3, -0.25) is 0 Å². The minimum Gasteiger partial charge on any atom is -0.307 e. The van der Waals surface area contributed by atoms with E-state index in [1.165, 1.54) is 17.5 Å². The fourth-order valence-corrected chi connectivity index (χ4v) is 3.36. The van der Waals surface area contributed by atoms with Crippen LogP contribution >= 0.6 is 11.6 Å². The molecule has 0 bridgehead atoms. The van der Waals surface area contributed by atoms with Crippen LogP contribution in [0.5, 0.6) is 0 Å². The Morgan fingerprint density at radius 3 is 3.19 bits per heavy atom. The largest absolute Gasteiger partial charge is 0.307 e. The van der Waals surface area contributed by atoms with Crippen molar-refractivity contribution >= 4 is 11.6 Å². The van der Waals surface area contributed by atoms with E-state index in [0.717, 1.165) is 24.5 Å². The van der Waals surface area contributed by atoms with Crippen LogP contribution in [0.15, 0.2) is 18.2 Å². The van der Waals surface area contributed by atoms with E-state index in [0.29, 0.717) is 12.1 Å². The van der Waals surface area contributed by atoms with Gasteiger partial charge in [0.2, 0.25) is 0 Å². The summed E-state index contributed by atoms with van der Waals surface area (Å²) in [5, 5.41) is 4.57. The zero-order chi connectivity index (χ0) is 11.1. The second kappa shape index (κ2) is 4.02. The van der Waals surface area contributed by atoms with Crippen LogP contribution in [0.3, 0.4) is 0 Å². The Morgan fingerprint density at radius 2 is 2.31 bits per heavy atom. The van der Waals surface area contributed by atoms with Crippen molar-refractivity contribution in [1.82, 2.24) is 10.2 Å². The van der Waals surface area contributed by atoms with Gasteiger partial charge in [0.15, 0.2) is 0 Å². The topological polar surface area (TPSA) is 15.3 Å². The van der Waals surface area contributed by atoms with Crippen LogP contribution in [0.1, 0.15) is 23.6 Å². The smallest absolute Gasteiger partial charge is 0.0481 e. The lowest BCUT2D eigenvalue weighted by atomic mass is 9.82. The molecular formula is C13H17ClN2. The number of nitrogens with zero attached hydrogens (tertiary/aromatic N) is 1. The van der Waals surface area contributed by atoms with Gasteiger partial charge in [-0.25, -0.2) is 0 Å². The predicted molar refractivity (Wildman–Crippen MR) is 66.9 cm³/mol. The van der Waals surface area contributed by atoms with Crippen molar-refractivity contribution in [2.45, 2.75) is 24.9 Å². The van der Waals surface area contributed by atoms with Crippen molar-refractivity contribution < 1.29 is 0 Å². The molecule has 0 aromatic heterocycles. The highest BCUT2D eigenvalue weighted by molar-refractivity contribution is 6.31. The van der Waals surface area contributed by atoms with E-state index in [4.69, 9.17) is 11.6 Å². The molecule has 1 aliphatic heterocycles. The van der Waals surface area contributed by atoms with Crippen molar-refractivity contribution in [3.63, 3.8) is 0 Å². The molecule has 1 saturated heterocycles. The molecule has 3 rings (SSSR count). The summed E-state index contributed by atoms with van der Waals surface area (Å²) in [6.45, 7) is 2.22. The van der Waals surface area contributed by atoms with Gasteiger partial charge in [0, 0.05) is 30.2 Å². The highest BCUT2D eigenvalue weighted by Crippen LogP contribution is 2.37. The SMILES string of the molecule is CN1CCNC2c3cccc(Cl)c3CCC21. The second-order valence-electron chi connectivity index (χ2n) is 4.83. The maximum absolute atomic E-state index is 6.27. The molecule has 86 valence electrons. The number of benzene rings is 1. The summed E-state index contributed by atoms with van der Waals surface area (Å²) in [4.78, 5) is 2.48. The lowest BCUT2D eigenvalue weighted by Crippen LogP contribution is -2.53. The first-order valence-electron chi connectivity index (χ1n) is 5.98. The zero-order valence-corrected chi connectivity index (χ0v) is 10.3. The Bertz CT molecular complexity index is 405. The summed E-state index contributed by atoms with van der Waals surface area (Å²) in [6.07, 6.45) is 2.33. The number of likely N-dealkylation sites (N-methyl/N-ethyl adjacent to an activating group) is 1. The van der Waals surface area contributed by atoms with Crippen molar-refractivity contribution in [2.75, 3.05) is 20.1 Å². The lowest BCUT2D eigenvalue weighted by Gasteiger charge is -2.44. The van der Waals surface area contributed by atoms with E-state index >= 15 is 0 Å². The highest BCUT2D eigenvalue weighted by Gasteiger charge is 2.34. The molecule has 1 fully saturated rings. The maximum Gasteiger partial charge on any atom is 0.0481 e. The van der Waals surface area contributed by atoms with Gasteiger partial charge >= 0.3 is 0 Å². The van der Waals surface area contributed by atoms with Crippen LogP contribution in [-0.4, -0.2) is 31.1 Å². The summed E-state index contributed by atoms with van der Waals surface area (Å²) in [7, 11) is 2.23. The van der Waals surface area contributed by atoms with Gasteiger partial charge in [0.1, 0.15) is 0 Å². The number of hydrogen-bond donors (Lipinski definition) is 1. The predicted octanol–water partition coefficient (Wildman–Crippen LogP) is 2.23. The van der Waals surface area contributed by atoms with Crippen molar-refractivity contribution in [3.8, 4) is 0 Å². The van der Waals surface area contributed by atoms with Crippen LogP contribution in [0, 0.1) is 0 Å². The zero-order valence-electron chi connectivity index (χ0n) is 9.54. The van der Waals surface area contributed by atoms with Gasteiger partial charge in [-0.1, -0.05) is 23.7 Å². The summed E-state index contributed by atoms with van der Waals surface area (Å²) in [5.41, 5.74) is 2.77. The number of fused-ring (bicyclic) bond motifs is 3. The van der Waals surface area contributed by atoms with Crippen molar-refractivity contribution in [1.29, 1.82) is 0 Å². The monoisotopic (exact) mass is 236 g/mol. The molecule has 1 aromatic rings. The molecule has 2 unspecified atom stereocenters. The Morgan fingerprint density at radius 1 is 1.44 bits per heavy atom. The number of nitrogens with one attached hydrogen (secondary N) is 1. The summed E-state index contributed by atoms with van der Waals surface area (Å²) >= 11 is 6.27. The van der Waals surface area contributed by atoms with Gasteiger partial charge in [-0.2, -0.15) is 0 Å². The molecular weight excluding hydrogens is 220 g/mol. The molecule has 0 spiro atoms. The molecule has 1 heterocycles. The molecule has 0 saturated carbocycles. The second-order valence-corrected chi connectivity index (χ2v) is 5.23. The van der Waals surface area contributed by atoms with E-state index in [1.54, 1.807) is 0 Å². The molecule has 0 amide bonds. The molecule has 16 heavy (non-hydrogen) atoms. The number of halogens is 1. The molecule has 1 aliphatic carbocycles. The molecule has 0 radical (unpaired) electrons. The Hall–Kier alpha value is -0.570. The molecule has 3 heteroatoms. The van der Waals surface area contributed by atoms with E-state index < -0.39 is 0 Å². The van der Waals surface area contributed by atoms with Crippen LogP contribution in [-0.2, 0) is 6.42 Å². The molecule has 2 atom stereocenters. The third-order valence-corrected chi connectivity index (χ3v) is 4.31. The summed E-state index contributed by atoms with van der Waals surface area (Å²) in [6, 6.07) is 7.41. The first-order valence-corrected chi connectivity index (χ1v) is 6.36. The molecule has 1 N–H and O–H groups in total. The maximum atomic E-state index is 6.27. The van der Waals surface area contributed by atoms with Gasteiger partial charge in [-0.15, -0.1) is 0 Å². The standard InChI is InChI=1S/C13H17ClN2/c1-16-8-7-15-13-10-3-2-4-11(14)9(10)5-6-12(13)16/h2-4,12-13,15H,5-8H2,1H3. The molecule has 2 aliphatic rings. The third-order valence-electron chi connectivity index (χ3n) is 3.96. The Kier molecular flexibility index (Phi) is 2.66. The Balaban J connectivity index is 2.02. The van der Waals surface area contributed by atoms with Crippen LogP contribution in [0.25, 0.3) is 0 Å². The van der Waals surface area contributed by atoms with E-state index in [2.05, 4.69) is 29.4 Å². The van der Waals surface area contributed by atoms with Crippen LogP contribution in [0.4, 0.5) is 0 Å².